The van der Waals surface area contributed by atoms with Gasteiger partial charge in [0.1, 0.15) is 0 Å². The number of carbonyl (C=O) groups is 3. The van der Waals surface area contributed by atoms with Crippen molar-refractivity contribution in [1.82, 2.24) is 20.1 Å². The van der Waals surface area contributed by atoms with Gasteiger partial charge in [-0.05, 0) is 38.5 Å². The summed E-state index contributed by atoms with van der Waals surface area (Å²) in [5, 5.41) is 3.96. The first-order valence-corrected chi connectivity index (χ1v) is 12.4. The predicted molar refractivity (Wildman–Crippen MR) is 117 cm³/mol. The molecule has 1 aromatic heterocycles. The second-order valence-electron chi connectivity index (χ2n) is 9.18. The molecule has 0 aromatic carbocycles. The van der Waals surface area contributed by atoms with E-state index in [2.05, 4.69) is 10.3 Å². The molecule has 1 saturated heterocycles. The van der Waals surface area contributed by atoms with Crippen LogP contribution in [0.2, 0.25) is 0 Å². The number of esters is 1. The van der Waals surface area contributed by atoms with Crippen molar-refractivity contribution in [3.05, 3.63) is 15.6 Å². The van der Waals surface area contributed by atoms with Gasteiger partial charge in [-0.2, -0.15) is 13.2 Å². The summed E-state index contributed by atoms with van der Waals surface area (Å²) in [6.45, 7) is 1.13. The highest BCUT2D eigenvalue weighted by Gasteiger charge is 2.43. The van der Waals surface area contributed by atoms with Gasteiger partial charge in [-0.1, -0.05) is 0 Å². The van der Waals surface area contributed by atoms with Gasteiger partial charge in [-0.3, -0.25) is 9.59 Å². The summed E-state index contributed by atoms with van der Waals surface area (Å²) >= 11 is 1.39. The molecular weight excluding hydrogens is 473 g/mol. The largest absolute Gasteiger partial charge is 0.471 e. The van der Waals surface area contributed by atoms with Crippen LogP contribution in [-0.2, 0) is 27.3 Å². The van der Waals surface area contributed by atoms with Crippen molar-refractivity contribution in [3.8, 4) is 0 Å². The second kappa shape index (κ2) is 10.1. The third kappa shape index (κ3) is 5.47. The fourth-order valence-electron chi connectivity index (χ4n) is 4.98. The number of piperidine rings is 1. The molecule has 0 radical (unpaired) electrons. The van der Waals surface area contributed by atoms with Crippen molar-refractivity contribution in [2.75, 3.05) is 26.7 Å². The maximum atomic E-state index is 12.8. The molecule has 1 aliphatic carbocycles. The summed E-state index contributed by atoms with van der Waals surface area (Å²) < 4.78 is 43.1. The number of urea groups is 1. The summed E-state index contributed by atoms with van der Waals surface area (Å²) in [5.74, 6) is -1.92. The van der Waals surface area contributed by atoms with Crippen LogP contribution in [-0.4, -0.2) is 71.7 Å². The quantitative estimate of drug-likeness (QED) is 0.641. The predicted octanol–water partition coefficient (Wildman–Crippen LogP) is 3.21. The minimum atomic E-state index is -4.86. The van der Waals surface area contributed by atoms with Gasteiger partial charge in [0.25, 0.3) is 0 Å². The van der Waals surface area contributed by atoms with E-state index in [9.17, 15) is 27.6 Å². The Balaban J connectivity index is 1.25. The van der Waals surface area contributed by atoms with Gasteiger partial charge in [-0.25, -0.2) is 9.78 Å². The third-order valence-corrected chi connectivity index (χ3v) is 8.24. The number of amides is 3. The Kier molecular flexibility index (Phi) is 7.34. The lowest BCUT2D eigenvalue weighted by Gasteiger charge is -2.34. The van der Waals surface area contributed by atoms with E-state index in [1.54, 1.807) is 4.90 Å². The number of aromatic nitrogens is 1. The van der Waals surface area contributed by atoms with Crippen LogP contribution in [0.1, 0.15) is 60.0 Å². The molecule has 3 amide bonds. The zero-order valence-electron chi connectivity index (χ0n) is 19.0. The maximum Gasteiger partial charge on any atom is 0.471 e. The first kappa shape index (κ1) is 24.7. The SMILES string of the molecule is COC(=O)C1CCC(NC(=O)N2CCC(c3nc4c(s3)CN(C(=O)C(F)(F)F)CC4)CC2)CC1. The van der Waals surface area contributed by atoms with E-state index in [-0.39, 0.29) is 43.0 Å². The minimum absolute atomic E-state index is 0.0225. The molecule has 4 rings (SSSR count). The molecule has 2 fully saturated rings. The van der Waals surface area contributed by atoms with Crippen molar-refractivity contribution in [2.24, 2.45) is 5.92 Å². The molecule has 1 aromatic rings. The monoisotopic (exact) mass is 502 g/mol. The number of ether oxygens (including phenoxy) is 1. The van der Waals surface area contributed by atoms with Gasteiger partial charge < -0.3 is 19.9 Å². The normalized spacial score (nSPS) is 23.9. The Morgan fingerprint density at radius 1 is 1.03 bits per heavy atom. The smallest absolute Gasteiger partial charge is 0.469 e. The lowest BCUT2D eigenvalue weighted by molar-refractivity contribution is -0.186. The van der Waals surface area contributed by atoms with Gasteiger partial charge >= 0.3 is 24.1 Å². The Morgan fingerprint density at radius 3 is 2.32 bits per heavy atom. The molecular formula is C22H29F3N4O4S. The molecule has 34 heavy (non-hydrogen) atoms. The number of likely N-dealkylation sites (tertiary alicyclic amines) is 1. The number of fused-ring (bicyclic) bond motifs is 1. The molecule has 8 nitrogen and oxygen atoms in total. The van der Waals surface area contributed by atoms with E-state index in [4.69, 9.17) is 4.74 Å². The van der Waals surface area contributed by atoms with E-state index in [0.29, 0.717) is 32.4 Å². The van der Waals surface area contributed by atoms with Crippen molar-refractivity contribution < 1.29 is 32.3 Å². The zero-order chi connectivity index (χ0) is 24.5. The van der Waals surface area contributed by atoms with E-state index in [1.165, 1.54) is 18.4 Å². The Hall–Kier alpha value is -2.37. The van der Waals surface area contributed by atoms with Gasteiger partial charge in [-0.15, -0.1) is 11.3 Å². The molecule has 12 heteroatoms. The molecule has 3 heterocycles. The van der Waals surface area contributed by atoms with Gasteiger partial charge in [0, 0.05) is 42.9 Å². The molecule has 0 unspecified atom stereocenters. The maximum absolute atomic E-state index is 12.8. The van der Waals surface area contributed by atoms with Crippen LogP contribution < -0.4 is 5.32 Å². The van der Waals surface area contributed by atoms with Crippen LogP contribution in [0, 0.1) is 5.92 Å². The van der Waals surface area contributed by atoms with Crippen LogP contribution in [0.5, 0.6) is 0 Å². The molecule has 0 atom stereocenters. The van der Waals surface area contributed by atoms with E-state index in [1.807, 2.05) is 0 Å². The highest BCUT2D eigenvalue weighted by atomic mass is 32.1. The number of thiazole rings is 1. The molecule has 2 aliphatic heterocycles. The number of hydrogen-bond acceptors (Lipinski definition) is 6. The summed E-state index contributed by atoms with van der Waals surface area (Å²) in [7, 11) is 1.39. The van der Waals surface area contributed by atoms with Crippen molar-refractivity contribution in [1.29, 1.82) is 0 Å². The lowest BCUT2D eigenvalue weighted by atomic mass is 9.86. The fourth-order valence-corrected chi connectivity index (χ4v) is 6.27. The van der Waals surface area contributed by atoms with Crippen LogP contribution in [0.25, 0.3) is 0 Å². The van der Waals surface area contributed by atoms with Crippen molar-refractivity contribution >= 4 is 29.2 Å². The van der Waals surface area contributed by atoms with Gasteiger partial charge in [0.2, 0.25) is 0 Å². The Labute approximate surface area is 199 Å². The number of nitrogens with one attached hydrogen (secondary N) is 1. The number of hydrogen-bond donors (Lipinski definition) is 1. The van der Waals surface area contributed by atoms with Gasteiger partial charge in [0.05, 0.1) is 30.3 Å². The number of nitrogens with zero attached hydrogens (tertiary/aromatic N) is 3. The van der Waals surface area contributed by atoms with E-state index < -0.39 is 12.1 Å². The molecule has 1 N–H and O–H groups in total. The first-order valence-electron chi connectivity index (χ1n) is 11.6. The van der Waals surface area contributed by atoms with Crippen LogP contribution in [0.4, 0.5) is 18.0 Å². The highest BCUT2D eigenvalue weighted by Crippen LogP contribution is 2.36. The zero-order valence-corrected chi connectivity index (χ0v) is 19.8. The summed E-state index contributed by atoms with van der Waals surface area (Å²) in [6, 6.07) is -0.0427. The Bertz CT molecular complexity index is 922. The van der Waals surface area contributed by atoms with Crippen molar-refractivity contribution in [3.63, 3.8) is 0 Å². The molecule has 188 valence electrons. The topological polar surface area (TPSA) is 91.8 Å². The van der Waals surface area contributed by atoms with Crippen molar-refractivity contribution in [2.45, 2.75) is 69.6 Å². The third-order valence-electron chi connectivity index (χ3n) is 7.00. The average Bonchev–Trinajstić information content (AvgIpc) is 3.26. The molecule has 0 bridgehead atoms. The van der Waals surface area contributed by atoms with Crippen LogP contribution in [0.3, 0.4) is 0 Å². The number of alkyl halides is 3. The number of methoxy groups -OCH3 is 1. The number of carbonyl (C=O) groups excluding carboxylic acids is 3. The highest BCUT2D eigenvalue weighted by molar-refractivity contribution is 7.11. The fraction of sp³-hybridized carbons (Fsp3) is 0.727. The van der Waals surface area contributed by atoms with Crippen LogP contribution >= 0.6 is 11.3 Å². The van der Waals surface area contributed by atoms with Gasteiger partial charge in [0.15, 0.2) is 0 Å². The molecule has 0 spiro atoms. The molecule has 1 saturated carbocycles. The summed E-state index contributed by atoms with van der Waals surface area (Å²) in [6.07, 6.45) is -0.145. The minimum Gasteiger partial charge on any atom is -0.469 e. The standard InChI is InChI=1S/C22H29F3N4O4S/c1-33-19(30)14-2-4-15(5-3-14)26-21(32)28-9-6-13(7-10-28)18-27-16-8-11-29(12-17(16)34-18)20(31)22(23,24)25/h13-15H,2-12H2,1H3,(H,26,32). The molecule has 3 aliphatic rings. The lowest BCUT2D eigenvalue weighted by Crippen LogP contribution is -2.48. The number of rotatable bonds is 3. The number of halogens is 3. The second-order valence-corrected chi connectivity index (χ2v) is 10.3. The van der Waals surface area contributed by atoms with Crippen LogP contribution in [0.15, 0.2) is 0 Å². The summed E-state index contributed by atoms with van der Waals surface area (Å²) in [4.78, 5) is 43.9. The first-order chi connectivity index (χ1) is 16.2. The van der Waals surface area contributed by atoms with E-state index >= 15 is 0 Å². The Morgan fingerprint density at radius 2 is 1.71 bits per heavy atom. The summed E-state index contributed by atoms with van der Waals surface area (Å²) in [5.41, 5.74) is 0.786. The van der Waals surface area contributed by atoms with E-state index in [0.717, 1.165) is 46.2 Å². The average molecular weight is 503 g/mol.